The number of hydrogen-bond acceptors (Lipinski definition) is 4. The molecule has 0 saturated carbocycles. The van der Waals surface area contributed by atoms with Crippen molar-refractivity contribution in [2.75, 3.05) is 18.0 Å². The second-order valence-electron chi connectivity index (χ2n) is 4.68. The van der Waals surface area contributed by atoms with Gasteiger partial charge in [0, 0.05) is 13.1 Å². The molecule has 1 aromatic heterocycles. The number of rotatable bonds is 2. The van der Waals surface area contributed by atoms with Crippen molar-refractivity contribution in [1.82, 2.24) is 4.98 Å². The summed E-state index contributed by atoms with van der Waals surface area (Å²) < 4.78 is 5.79. The molecule has 2 bridgehead atoms. The van der Waals surface area contributed by atoms with Crippen molar-refractivity contribution in [3.8, 4) is 0 Å². The maximum atomic E-state index is 7.31. The Morgan fingerprint density at radius 1 is 1.35 bits per heavy atom. The van der Waals surface area contributed by atoms with Crippen LogP contribution in [-0.4, -0.2) is 36.1 Å². The van der Waals surface area contributed by atoms with Crippen molar-refractivity contribution in [3.05, 3.63) is 24.0 Å². The number of anilines is 1. The Balaban J connectivity index is 1.78. The fourth-order valence-electron chi connectivity index (χ4n) is 2.56. The molecule has 90 valence electrons. The SMILES string of the molecule is N=C(N)c1ccc(N2CC3CCC(C2)O3)cn1. The molecule has 2 aliphatic heterocycles. The van der Waals surface area contributed by atoms with Crippen LogP contribution in [0.15, 0.2) is 18.3 Å². The van der Waals surface area contributed by atoms with Gasteiger partial charge in [0.05, 0.1) is 24.1 Å². The fourth-order valence-corrected chi connectivity index (χ4v) is 2.56. The second kappa shape index (κ2) is 4.00. The Labute approximate surface area is 100 Å². The summed E-state index contributed by atoms with van der Waals surface area (Å²) in [6.07, 6.45) is 4.88. The number of amidine groups is 1. The van der Waals surface area contributed by atoms with Crippen LogP contribution in [0.3, 0.4) is 0 Å². The topological polar surface area (TPSA) is 75.2 Å². The minimum atomic E-state index is 0.0126. The molecule has 5 heteroatoms. The van der Waals surface area contributed by atoms with E-state index in [9.17, 15) is 0 Å². The lowest BCUT2D eigenvalue weighted by Crippen LogP contribution is -2.42. The maximum Gasteiger partial charge on any atom is 0.141 e. The fraction of sp³-hybridized carbons (Fsp3) is 0.500. The van der Waals surface area contributed by atoms with E-state index in [1.54, 1.807) is 12.3 Å². The van der Waals surface area contributed by atoms with Crippen LogP contribution in [0.1, 0.15) is 18.5 Å². The smallest absolute Gasteiger partial charge is 0.141 e. The molecule has 2 saturated heterocycles. The molecule has 3 N–H and O–H groups in total. The summed E-state index contributed by atoms with van der Waals surface area (Å²) in [7, 11) is 0. The van der Waals surface area contributed by atoms with Crippen molar-refractivity contribution >= 4 is 11.5 Å². The third-order valence-corrected chi connectivity index (χ3v) is 3.43. The molecule has 3 rings (SSSR count). The quantitative estimate of drug-likeness (QED) is 0.582. The zero-order valence-electron chi connectivity index (χ0n) is 9.60. The lowest BCUT2D eigenvalue weighted by atomic mass is 10.2. The van der Waals surface area contributed by atoms with Gasteiger partial charge in [-0.1, -0.05) is 0 Å². The van der Waals surface area contributed by atoms with Gasteiger partial charge >= 0.3 is 0 Å². The molecular weight excluding hydrogens is 216 g/mol. The Morgan fingerprint density at radius 3 is 2.59 bits per heavy atom. The Kier molecular flexibility index (Phi) is 2.48. The number of aromatic nitrogens is 1. The number of pyridine rings is 1. The molecular formula is C12H16N4O. The van der Waals surface area contributed by atoms with E-state index in [1.165, 1.54) is 12.8 Å². The number of hydrogen-bond donors (Lipinski definition) is 2. The van der Waals surface area contributed by atoms with Crippen LogP contribution in [0, 0.1) is 5.41 Å². The Bertz CT molecular complexity index is 419. The van der Waals surface area contributed by atoms with E-state index in [1.807, 2.05) is 6.07 Å². The summed E-state index contributed by atoms with van der Waals surface area (Å²) in [6, 6.07) is 3.78. The van der Waals surface area contributed by atoms with E-state index < -0.39 is 0 Å². The molecule has 0 aromatic carbocycles. The van der Waals surface area contributed by atoms with Gasteiger partial charge in [0.15, 0.2) is 0 Å². The highest BCUT2D eigenvalue weighted by Gasteiger charge is 2.33. The zero-order valence-corrected chi connectivity index (χ0v) is 9.60. The maximum absolute atomic E-state index is 7.31. The third kappa shape index (κ3) is 1.98. The van der Waals surface area contributed by atoms with E-state index >= 15 is 0 Å². The number of fused-ring (bicyclic) bond motifs is 2. The molecule has 0 amide bonds. The minimum absolute atomic E-state index is 0.0126. The van der Waals surface area contributed by atoms with Gasteiger partial charge in [-0.05, 0) is 25.0 Å². The first kappa shape index (κ1) is 10.5. The average molecular weight is 232 g/mol. The van der Waals surface area contributed by atoms with Crippen LogP contribution in [0.4, 0.5) is 5.69 Å². The molecule has 2 unspecified atom stereocenters. The van der Waals surface area contributed by atoms with Gasteiger partial charge in [-0.25, -0.2) is 0 Å². The minimum Gasteiger partial charge on any atom is -0.382 e. The second-order valence-corrected chi connectivity index (χ2v) is 4.68. The summed E-state index contributed by atoms with van der Waals surface area (Å²) in [4.78, 5) is 6.50. The molecule has 3 heterocycles. The van der Waals surface area contributed by atoms with E-state index in [2.05, 4.69) is 9.88 Å². The van der Waals surface area contributed by atoms with Gasteiger partial charge in [-0.2, -0.15) is 0 Å². The molecule has 1 aromatic rings. The molecule has 17 heavy (non-hydrogen) atoms. The monoisotopic (exact) mass is 232 g/mol. The van der Waals surface area contributed by atoms with Gasteiger partial charge in [-0.3, -0.25) is 10.4 Å². The predicted octanol–water partition coefficient (Wildman–Crippen LogP) is 0.733. The first-order valence-electron chi connectivity index (χ1n) is 5.93. The first-order valence-corrected chi connectivity index (χ1v) is 5.93. The van der Waals surface area contributed by atoms with Gasteiger partial charge in [0.2, 0.25) is 0 Å². The highest BCUT2D eigenvalue weighted by Crippen LogP contribution is 2.29. The summed E-state index contributed by atoms with van der Waals surface area (Å²) in [5.74, 6) is 0.0126. The number of nitrogens with zero attached hydrogens (tertiary/aromatic N) is 2. The van der Waals surface area contributed by atoms with E-state index in [0.717, 1.165) is 18.8 Å². The van der Waals surface area contributed by atoms with Gasteiger partial charge in [0.1, 0.15) is 11.5 Å². The average Bonchev–Trinajstić information content (AvgIpc) is 2.68. The standard InChI is InChI=1S/C12H16N4O/c13-12(14)11-4-1-8(5-15-11)16-6-9-2-3-10(7-16)17-9/h1,4-5,9-10H,2-3,6-7H2,(H3,13,14). The highest BCUT2D eigenvalue weighted by atomic mass is 16.5. The van der Waals surface area contributed by atoms with Crippen molar-refractivity contribution in [1.29, 1.82) is 5.41 Å². The third-order valence-electron chi connectivity index (χ3n) is 3.43. The zero-order chi connectivity index (χ0) is 11.8. The normalized spacial score (nSPS) is 27.2. The molecule has 2 fully saturated rings. The Morgan fingerprint density at radius 2 is 2.06 bits per heavy atom. The van der Waals surface area contributed by atoms with Crippen LogP contribution < -0.4 is 10.6 Å². The van der Waals surface area contributed by atoms with Crippen molar-refractivity contribution in [2.24, 2.45) is 5.73 Å². The number of ether oxygens (including phenoxy) is 1. The van der Waals surface area contributed by atoms with Gasteiger partial charge < -0.3 is 15.4 Å². The largest absolute Gasteiger partial charge is 0.382 e. The molecule has 0 spiro atoms. The van der Waals surface area contributed by atoms with Crippen molar-refractivity contribution < 1.29 is 4.74 Å². The summed E-state index contributed by atoms with van der Waals surface area (Å²) >= 11 is 0. The van der Waals surface area contributed by atoms with Crippen LogP contribution >= 0.6 is 0 Å². The van der Waals surface area contributed by atoms with Crippen molar-refractivity contribution in [2.45, 2.75) is 25.0 Å². The molecule has 0 radical (unpaired) electrons. The number of nitrogen functional groups attached to an aromatic ring is 1. The number of nitrogens with one attached hydrogen (secondary N) is 1. The van der Waals surface area contributed by atoms with E-state index in [4.69, 9.17) is 15.9 Å². The first-order chi connectivity index (χ1) is 8.22. The van der Waals surface area contributed by atoms with E-state index in [0.29, 0.717) is 17.9 Å². The van der Waals surface area contributed by atoms with Crippen LogP contribution in [0.2, 0.25) is 0 Å². The van der Waals surface area contributed by atoms with Gasteiger partial charge in [-0.15, -0.1) is 0 Å². The lowest BCUT2D eigenvalue weighted by Gasteiger charge is -2.33. The highest BCUT2D eigenvalue weighted by molar-refractivity contribution is 5.93. The lowest BCUT2D eigenvalue weighted by molar-refractivity contribution is 0.0305. The number of nitrogens with two attached hydrogens (primary N) is 1. The van der Waals surface area contributed by atoms with Gasteiger partial charge in [0.25, 0.3) is 0 Å². The van der Waals surface area contributed by atoms with Crippen LogP contribution in [-0.2, 0) is 4.74 Å². The summed E-state index contributed by atoms with van der Waals surface area (Å²) in [5.41, 5.74) is 7.01. The molecule has 0 aliphatic carbocycles. The molecule has 2 aliphatic rings. The van der Waals surface area contributed by atoms with Crippen LogP contribution in [0.25, 0.3) is 0 Å². The van der Waals surface area contributed by atoms with E-state index in [-0.39, 0.29) is 5.84 Å². The molecule has 2 atom stereocenters. The summed E-state index contributed by atoms with van der Waals surface area (Å²) in [6.45, 7) is 1.88. The Hall–Kier alpha value is -1.62. The van der Waals surface area contributed by atoms with Crippen LogP contribution in [0.5, 0.6) is 0 Å². The predicted molar refractivity (Wildman–Crippen MR) is 65.4 cm³/mol. The summed E-state index contributed by atoms with van der Waals surface area (Å²) in [5, 5.41) is 7.31. The van der Waals surface area contributed by atoms with Crippen molar-refractivity contribution in [3.63, 3.8) is 0 Å². The molecule has 5 nitrogen and oxygen atoms in total. The number of morpholine rings is 1.